The normalized spacial score (nSPS) is 10.3. The number of amides is 2. The Labute approximate surface area is 182 Å². The van der Waals surface area contributed by atoms with Gasteiger partial charge in [-0.2, -0.15) is 0 Å². The first-order valence-corrected chi connectivity index (χ1v) is 9.57. The molecular weight excluding hydrogens is 422 g/mol. The summed E-state index contributed by atoms with van der Waals surface area (Å²) in [6.07, 6.45) is 0. The highest BCUT2D eigenvalue weighted by Gasteiger charge is 2.15. The highest BCUT2D eigenvalue weighted by molar-refractivity contribution is 6.32. The predicted octanol–water partition coefficient (Wildman–Crippen LogP) is 4.72. The number of aryl methyl sites for hydroxylation is 1. The van der Waals surface area contributed by atoms with Gasteiger partial charge >= 0.3 is 0 Å². The van der Waals surface area contributed by atoms with Crippen LogP contribution < -0.4 is 15.4 Å². The zero-order chi connectivity index (χ0) is 22.4. The van der Waals surface area contributed by atoms with Gasteiger partial charge in [0, 0.05) is 17.2 Å². The van der Waals surface area contributed by atoms with Crippen molar-refractivity contribution in [3.05, 3.63) is 93.0 Å². The minimum Gasteiger partial charge on any atom is -0.454 e. The first kappa shape index (κ1) is 21.8. The van der Waals surface area contributed by atoms with Crippen molar-refractivity contribution in [2.45, 2.75) is 6.92 Å². The fraction of sp³-hybridized carbons (Fsp3) is 0.0909. The Bertz CT molecular complexity index is 1150. The molecule has 3 rings (SSSR count). The molecule has 2 N–H and O–H groups in total. The Balaban J connectivity index is 1.63. The van der Waals surface area contributed by atoms with Crippen LogP contribution in [0, 0.1) is 17.0 Å². The van der Waals surface area contributed by atoms with Crippen LogP contribution in [0.3, 0.4) is 0 Å². The van der Waals surface area contributed by atoms with E-state index in [2.05, 4.69) is 10.6 Å². The lowest BCUT2D eigenvalue weighted by molar-refractivity contribution is -0.385. The number of benzene rings is 3. The number of ether oxygens (including phenoxy) is 1. The third-order valence-electron chi connectivity index (χ3n) is 4.28. The second kappa shape index (κ2) is 9.73. The molecule has 8 nitrogen and oxygen atoms in total. The van der Waals surface area contributed by atoms with Crippen LogP contribution in [0.2, 0.25) is 5.02 Å². The number of rotatable bonds is 7. The molecule has 0 atom stereocenters. The summed E-state index contributed by atoms with van der Waals surface area (Å²) in [6, 6.07) is 17.8. The average Bonchev–Trinajstić information content (AvgIpc) is 2.74. The van der Waals surface area contributed by atoms with Crippen molar-refractivity contribution in [2.24, 2.45) is 0 Å². The summed E-state index contributed by atoms with van der Waals surface area (Å²) in [7, 11) is 0. The van der Waals surface area contributed by atoms with Gasteiger partial charge in [-0.1, -0.05) is 35.9 Å². The molecule has 3 aromatic rings. The lowest BCUT2D eigenvalue weighted by atomic mass is 10.1. The highest BCUT2D eigenvalue weighted by atomic mass is 35.5. The van der Waals surface area contributed by atoms with Crippen molar-refractivity contribution in [3.8, 4) is 11.5 Å². The van der Waals surface area contributed by atoms with E-state index < -0.39 is 16.7 Å². The molecule has 9 heteroatoms. The number of halogens is 1. The Kier molecular flexibility index (Phi) is 6.84. The summed E-state index contributed by atoms with van der Waals surface area (Å²) >= 11 is 6.12. The molecular formula is C22H18ClN3O5. The van der Waals surface area contributed by atoms with Gasteiger partial charge in [0.15, 0.2) is 5.75 Å². The summed E-state index contributed by atoms with van der Waals surface area (Å²) in [6.45, 7) is 1.24. The van der Waals surface area contributed by atoms with Crippen molar-refractivity contribution < 1.29 is 19.2 Å². The van der Waals surface area contributed by atoms with E-state index in [0.29, 0.717) is 27.8 Å². The smallest absolute Gasteiger partial charge is 0.272 e. The molecule has 0 unspecified atom stereocenters. The van der Waals surface area contributed by atoms with E-state index >= 15 is 0 Å². The van der Waals surface area contributed by atoms with Gasteiger partial charge in [0.05, 0.1) is 22.2 Å². The molecule has 0 saturated carbocycles. The highest BCUT2D eigenvalue weighted by Crippen LogP contribution is 2.33. The number of nitro benzene ring substituents is 1. The van der Waals surface area contributed by atoms with E-state index in [4.69, 9.17) is 16.3 Å². The maximum atomic E-state index is 12.3. The third kappa shape index (κ3) is 5.58. The second-order valence-electron chi connectivity index (χ2n) is 6.52. The van der Waals surface area contributed by atoms with Crippen molar-refractivity contribution in [1.29, 1.82) is 0 Å². The molecule has 31 heavy (non-hydrogen) atoms. The Morgan fingerprint density at radius 2 is 1.71 bits per heavy atom. The number of anilines is 1. The zero-order valence-corrected chi connectivity index (χ0v) is 17.2. The number of carbonyl (C=O) groups is 2. The van der Waals surface area contributed by atoms with Gasteiger partial charge in [-0.05, 0) is 43.3 Å². The Morgan fingerprint density at radius 3 is 2.39 bits per heavy atom. The van der Waals surface area contributed by atoms with E-state index in [1.165, 1.54) is 25.1 Å². The van der Waals surface area contributed by atoms with Gasteiger partial charge in [0.25, 0.3) is 11.6 Å². The molecule has 0 radical (unpaired) electrons. The summed E-state index contributed by atoms with van der Waals surface area (Å²) in [4.78, 5) is 35.0. The summed E-state index contributed by atoms with van der Waals surface area (Å²) in [5.74, 6) is -0.162. The van der Waals surface area contributed by atoms with Gasteiger partial charge in [-0.25, -0.2) is 0 Å². The van der Waals surface area contributed by atoms with Crippen LogP contribution in [0.5, 0.6) is 11.5 Å². The maximum Gasteiger partial charge on any atom is 0.272 e. The van der Waals surface area contributed by atoms with Crippen molar-refractivity contribution >= 4 is 34.8 Å². The van der Waals surface area contributed by atoms with Gasteiger partial charge in [-0.3, -0.25) is 19.7 Å². The molecule has 2 amide bonds. The van der Waals surface area contributed by atoms with E-state index in [0.717, 1.165) is 0 Å². The van der Waals surface area contributed by atoms with Crippen LogP contribution in [-0.2, 0) is 4.79 Å². The zero-order valence-electron chi connectivity index (χ0n) is 16.4. The second-order valence-corrected chi connectivity index (χ2v) is 6.93. The Morgan fingerprint density at radius 1 is 1.03 bits per heavy atom. The third-order valence-corrected chi connectivity index (χ3v) is 4.60. The number of hydrogen-bond donors (Lipinski definition) is 2. The topological polar surface area (TPSA) is 111 Å². The molecule has 0 aliphatic carbocycles. The minimum atomic E-state index is -0.521. The fourth-order valence-electron chi connectivity index (χ4n) is 2.76. The Hall–Kier alpha value is -3.91. The first-order chi connectivity index (χ1) is 14.8. The molecule has 0 spiro atoms. The van der Waals surface area contributed by atoms with Gasteiger partial charge in [0.1, 0.15) is 5.75 Å². The molecule has 0 aliphatic rings. The molecule has 0 bridgehead atoms. The monoisotopic (exact) mass is 439 g/mol. The molecule has 158 valence electrons. The van der Waals surface area contributed by atoms with Crippen LogP contribution in [0.1, 0.15) is 15.9 Å². The molecule has 3 aromatic carbocycles. The van der Waals surface area contributed by atoms with E-state index in [-0.39, 0.29) is 17.8 Å². The van der Waals surface area contributed by atoms with Gasteiger partial charge in [0.2, 0.25) is 5.91 Å². The van der Waals surface area contributed by atoms with Crippen LogP contribution in [0.25, 0.3) is 0 Å². The number of para-hydroxylation sites is 3. The molecule has 0 fully saturated rings. The van der Waals surface area contributed by atoms with Crippen molar-refractivity contribution in [1.82, 2.24) is 5.32 Å². The molecule has 0 aliphatic heterocycles. The lowest BCUT2D eigenvalue weighted by Crippen LogP contribution is -2.33. The van der Waals surface area contributed by atoms with E-state index in [1.807, 2.05) is 0 Å². The number of nitrogens with zero attached hydrogens (tertiary/aromatic N) is 1. The van der Waals surface area contributed by atoms with Crippen LogP contribution >= 0.6 is 11.6 Å². The largest absolute Gasteiger partial charge is 0.454 e. The number of nitrogens with one attached hydrogen (secondary N) is 2. The summed E-state index contributed by atoms with van der Waals surface area (Å²) in [5, 5.41) is 16.5. The lowest BCUT2D eigenvalue weighted by Gasteiger charge is -2.13. The van der Waals surface area contributed by atoms with Crippen molar-refractivity contribution in [2.75, 3.05) is 11.9 Å². The van der Waals surface area contributed by atoms with Crippen LogP contribution in [0.4, 0.5) is 11.4 Å². The number of hydrogen-bond acceptors (Lipinski definition) is 5. The van der Waals surface area contributed by atoms with Gasteiger partial charge < -0.3 is 15.4 Å². The van der Waals surface area contributed by atoms with Crippen LogP contribution in [0.15, 0.2) is 66.7 Å². The SMILES string of the molecule is Cc1cc(C(=O)NCC(=O)Nc2ccccc2Oc2ccccc2Cl)ccc1[N+](=O)[O-]. The average molecular weight is 440 g/mol. The molecule has 0 aromatic heterocycles. The predicted molar refractivity (Wildman–Crippen MR) is 117 cm³/mol. The van der Waals surface area contributed by atoms with Crippen LogP contribution in [-0.4, -0.2) is 23.3 Å². The van der Waals surface area contributed by atoms with E-state index in [9.17, 15) is 19.7 Å². The molecule has 0 heterocycles. The maximum absolute atomic E-state index is 12.3. The number of nitro groups is 1. The summed E-state index contributed by atoms with van der Waals surface area (Å²) < 4.78 is 5.79. The quantitative estimate of drug-likeness (QED) is 0.409. The molecule has 0 saturated heterocycles. The first-order valence-electron chi connectivity index (χ1n) is 9.19. The summed E-state index contributed by atoms with van der Waals surface area (Å²) in [5.41, 5.74) is 0.906. The standard InChI is InChI=1S/C22H18ClN3O5/c1-14-12-15(10-11-18(14)26(29)30)22(28)24-13-21(27)25-17-7-3-5-9-20(17)31-19-8-4-2-6-16(19)23/h2-12H,13H2,1H3,(H,24,28)(H,25,27). The number of carbonyl (C=O) groups excluding carboxylic acids is 2. The van der Waals surface area contributed by atoms with E-state index in [1.54, 1.807) is 48.5 Å². The van der Waals surface area contributed by atoms with Gasteiger partial charge in [-0.15, -0.1) is 0 Å². The minimum absolute atomic E-state index is 0.0792. The fourth-order valence-corrected chi connectivity index (χ4v) is 2.94. The van der Waals surface area contributed by atoms with Crippen molar-refractivity contribution in [3.63, 3.8) is 0 Å².